The minimum Gasteiger partial charge on any atom is -0.383 e. The summed E-state index contributed by atoms with van der Waals surface area (Å²) in [5, 5.41) is 0. The van der Waals surface area contributed by atoms with Crippen LogP contribution in [0, 0.1) is 0 Å². The molecule has 3 rings (SSSR count). The van der Waals surface area contributed by atoms with Gasteiger partial charge in [-0.05, 0) is 19.3 Å². The highest BCUT2D eigenvalue weighted by atomic mass is 15.2. The van der Waals surface area contributed by atoms with Crippen LogP contribution in [0.4, 0.5) is 5.82 Å². The van der Waals surface area contributed by atoms with Gasteiger partial charge in [-0.15, -0.1) is 0 Å². The predicted octanol–water partition coefficient (Wildman–Crippen LogP) is 2.93. The summed E-state index contributed by atoms with van der Waals surface area (Å²) >= 11 is 0. The molecule has 0 saturated heterocycles. The third-order valence-electron chi connectivity index (χ3n) is 4.26. The Labute approximate surface area is 119 Å². The summed E-state index contributed by atoms with van der Waals surface area (Å²) in [6.07, 6.45) is 9.81. The average molecular weight is 273 g/mol. The SMILES string of the molecule is CCCn1c(C2CCCC2)nc(-c2cncn2C)c1N. The summed E-state index contributed by atoms with van der Waals surface area (Å²) in [6.45, 7) is 3.13. The van der Waals surface area contributed by atoms with Gasteiger partial charge in [0.1, 0.15) is 17.3 Å². The predicted molar refractivity (Wildman–Crippen MR) is 80.3 cm³/mol. The van der Waals surface area contributed by atoms with Gasteiger partial charge in [0.25, 0.3) is 0 Å². The summed E-state index contributed by atoms with van der Waals surface area (Å²) in [5.41, 5.74) is 8.26. The Morgan fingerprint density at radius 2 is 2.10 bits per heavy atom. The number of anilines is 1. The number of rotatable bonds is 4. The Kier molecular flexibility index (Phi) is 3.51. The number of aromatic nitrogens is 4. The van der Waals surface area contributed by atoms with Crippen LogP contribution in [0.3, 0.4) is 0 Å². The second-order valence-electron chi connectivity index (χ2n) is 5.73. The molecule has 0 unspecified atom stereocenters. The van der Waals surface area contributed by atoms with Crippen LogP contribution in [0.5, 0.6) is 0 Å². The highest BCUT2D eigenvalue weighted by Crippen LogP contribution is 2.37. The number of nitrogens with zero attached hydrogens (tertiary/aromatic N) is 4. The van der Waals surface area contributed by atoms with Crippen LogP contribution >= 0.6 is 0 Å². The molecule has 5 heteroatoms. The minimum atomic E-state index is 0.575. The van der Waals surface area contributed by atoms with Crippen molar-refractivity contribution in [3.05, 3.63) is 18.3 Å². The molecular formula is C15H23N5. The second-order valence-corrected chi connectivity index (χ2v) is 5.73. The van der Waals surface area contributed by atoms with Crippen molar-refractivity contribution in [2.75, 3.05) is 5.73 Å². The lowest BCUT2D eigenvalue weighted by Crippen LogP contribution is -2.09. The van der Waals surface area contributed by atoms with Gasteiger partial charge >= 0.3 is 0 Å². The lowest BCUT2D eigenvalue weighted by molar-refractivity contribution is 0.579. The molecule has 2 aromatic rings. The maximum absolute atomic E-state index is 6.38. The number of nitrogen functional groups attached to an aromatic ring is 1. The maximum atomic E-state index is 6.38. The van der Waals surface area contributed by atoms with E-state index in [9.17, 15) is 0 Å². The molecule has 1 fully saturated rings. The smallest absolute Gasteiger partial charge is 0.133 e. The van der Waals surface area contributed by atoms with E-state index in [-0.39, 0.29) is 0 Å². The molecule has 1 saturated carbocycles. The monoisotopic (exact) mass is 273 g/mol. The second kappa shape index (κ2) is 5.31. The normalized spacial score (nSPS) is 16.1. The Bertz CT molecular complexity index is 589. The van der Waals surface area contributed by atoms with E-state index in [1.54, 1.807) is 6.33 Å². The van der Waals surface area contributed by atoms with E-state index in [0.29, 0.717) is 5.92 Å². The zero-order chi connectivity index (χ0) is 14.1. The molecule has 0 atom stereocenters. The number of hydrogen-bond acceptors (Lipinski definition) is 3. The van der Waals surface area contributed by atoms with Gasteiger partial charge in [-0.3, -0.25) is 0 Å². The zero-order valence-electron chi connectivity index (χ0n) is 12.3. The van der Waals surface area contributed by atoms with Crippen molar-refractivity contribution >= 4 is 5.82 Å². The van der Waals surface area contributed by atoms with Crippen molar-refractivity contribution < 1.29 is 0 Å². The molecule has 20 heavy (non-hydrogen) atoms. The van der Waals surface area contributed by atoms with Crippen LogP contribution < -0.4 is 5.73 Å². The molecule has 0 amide bonds. The quantitative estimate of drug-likeness (QED) is 0.931. The topological polar surface area (TPSA) is 61.7 Å². The van der Waals surface area contributed by atoms with E-state index in [2.05, 4.69) is 16.5 Å². The first-order chi connectivity index (χ1) is 9.72. The summed E-state index contributed by atoms with van der Waals surface area (Å²) in [5.74, 6) is 2.54. The first-order valence-corrected chi connectivity index (χ1v) is 7.55. The van der Waals surface area contributed by atoms with E-state index in [1.165, 1.54) is 31.5 Å². The van der Waals surface area contributed by atoms with Crippen LogP contribution in [-0.4, -0.2) is 19.1 Å². The molecule has 1 aliphatic rings. The molecule has 0 aromatic carbocycles. The maximum Gasteiger partial charge on any atom is 0.133 e. The van der Waals surface area contributed by atoms with Crippen molar-refractivity contribution in [3.8, 4) is 11.4 Å². The van der Waals surface area contributed by atoms with Crippen molar-refractivity contribution in [3.63, 3.8) is 0 Å². The summed E-state index contributed by atoms with van der Waals surface area (Å²) in [4.78, 5) is 9.07. The fraction of sp³-hybridized carbons (Fsp3) is 0.600. The molecule has 2 aromatic heterocycles. The van der Waals surface area contributed by atoms with E-state index >= 15 is 0 Å². The van der Waals surface area contributed by atoms with Crippen LogP contribution in [0.25, 0.3) is 11.4 Å². The molecule has 0 aliphatic heterocycles. The Balaban J connectivity index is 2.07. The van der Waals surface area contributed by atoms with Crippen molar-refractivity contribution in [1.82, 2.24) is 19.1 Å². The minimum absolute atomic E-state index is 0.575. The lowest BCUT2D eigenvalue weighted by Gasteiger charge is -2.12. The number of aryl methyl sites for hydroxylation is 1. The Hall–Kier alpha value is -1.78. The van der Waals surface area contributed by atoms with Crippen LogP contribution in [0.2, 0.25) is 0 Å². The largest absolute Gasteiger partial charge is 0.383 e. The third kappa shape index (κ3) is 2.11. The molecule has 0 bridgehead atoms. The van der Waals surface area contributed by atoms with E-state index in [0.717, 1.165) is 30.2 Å². The Morgan fingerprint density at radius 1 is 1.35 bits per heavy atom. The highest BCUT2D eigenvalue weighted by Gasteiger charge is 2.26. The molecule has 5 nitrogen and oxygen atoms in total. The van der Waals surface area contributed by atoms with Gasteiger partial charge in [-0.25, -0.2) is 9.97 Å². The molecule has 0 spiro atoms. The molecular weight excluding hydrogens is 250 g/mol. The zero-order valence-corrected chi connectivity index (χ0v) is 12.3. The Morgan fingerprint density at radius 3 is 2.70 bits per heavy atom. The molecule has 2 N–H and O–H groups in total. The van der Waals surface area contributed by atoms with E-state index in [1.807, 2.05) is 17.8 Å². The van der Waals surface area contributed by atoms with Crippen LogP contribution in [-0.2, 0) is 13.6 Å². The lowest BCUT2D eigenvalue weighted by atomic mass is 10.1. The van der Waals surface area contributed by atoms with E-state index in [4.69, 9.17) is 10.7 Å². The van der Waals surface area contributed by atoms with Crippen LogP contribution in [0.15, 0.2) is 12.5 Å². The van der Waals surface area contributed by atoms with Crippen LogP contribution in [0.1, 0.15) is 50.8 Å². The first-order valence-electron chi connectivity index (χ1n) is 7.55. The molecule has 108 valence electrons. The summed E-state index contributed by atoms with van der Waals surface area (Å²) in [7, 11) is 1.98. The molecule has 0 radical (unpaired) electrons. The van der Waals surface area contributed by atoms with Gasteiger partial charge in [-0.2, -0.15) is 0 Å². The third-order valence-corrected chi connectivity index (χ3v) is 4.26. The van der Waals surface area contributed by atoms with Gasteiger partial charge in [0, 0.05) is 19.5 Å². The first kappa shape index (κ1) is 13.2. The highest BCUT2D eigenvalue weighted by molar-refractivity contribution is 5.68. The van der Waals surface area contributed by atoms with Gasteiger partial charge in [0.2, 0.25) is 0 Å². The van der Waals surface area contributed by atoms with Gasteiger partial charge in [-0.1, -0.05) is 19.8 Å². The fourth-order valence-electron chi connectivity index (χ4n) is 3.21. The van der Waals surface area contributed by atoms with Gasteiger partial charge in [0.15, 0.2) is 0 Å². The molecule has 2 heterocycles. The summed E-state index contributed by atoms with van der Waals surface area (Å²) < 4.78 is 4.20. The standard InChI is InChI=1S/C15H23N5/c1-3-8-20-14(16)13(12-9-17-10-19(12)2)18-15(20)11-6-4-5-7-11/h9-11H,3-8,16H2,1-2H3. The van der Waals surface area contributed by atoms with Gasteiger partial charge < -0.3 is 14.9 Å². The van der Waals surface area contributed by atoms with Crippen molar-refractivity contribution in [1.29, 1.82) is 0 Å². The van der Waals surface area contributed by atoms with Crippen molar-refractivity contribution in [2.24, 2.45) is 7.05 Å². The summed E-state index contributed by atoms with van der Waals surface area (Å²) in [6, 6.07) is 0. The van der Waals surface area contributed by atoms with Gasteiger partial charge in [0.05, 0.1) is 18.2 Å². The fourth-order valence-corrected chi connectivity index (χ4v) is 3.21. The van der Waals surface area contributed by atoms with Crippen molar-refractivity contribution in [2.45, 2.75) is 51.5 Å². The molecule has 1 aliphatic carbocycles. The number of nitrogens with two attached hydrogens (primary N) is 1. The average Bonchev–Trinajstić information content (AvgIpc) is 3.13. The number of imidazole rings is 2. The number of hydrogen-bond donors (Lipinski definition) is 1. The van der Waals surface area contributed by atoms with E-state index < -0.39 is 0 Å².